The van der Waals surface area contributed by atoms with Crippen LogP contribution in [0.15, 0.2) is 90.4 Å². The van der Waals surface area contributed by atoms with E-state index < -0.39 is 11.9 Å². The summed E-state index contributed by atoms with van der Waals surface area (Å²) >= 11 is 0. The summed E-state index contributed by atoms with van der Waals surface area (Å²) in [5.74, 6) is 5.88. The summed E-state index contributed by atoms with van der Waals surface area (Å²) in [5, 5.41) is 8.37. The zero-order valence-electron chi connectivity index (χ0n) is 21.7. The van der Waals surface area contributed by atoms with Gasteiger partial charge in [0.2, 0.25) is 0 Å². The quantitative estimate of drug-likeness (QED) is 0.339. The van der Waals surface area contributed by atoms with E-state index >= 15 is 0 Å². The number of fused-ring (bicyclic) bond motifs is 2. The highest BCUT2D eigenvalue weighted by atomic mass is 16.2. The minimum absolute atomic E-state index is 0.0685. The van der Waals surface area contributed by atoms with E-state index in [0.717, 1.165) is 5.69 Å². The Bertz CT molecular complexity index is 2030. The number of nitrogen functional groups attached to an aromatic ring is 1. The lowest BCUT2D eigenvalue weighted by atomic mass is 10.0. The molecule has 6 aromatic rings. The minimum Gasteiger partial charge on any atom is -0.381 e. The molecule has 1 amide bonds. The number of hydrogen-bond donors (Lipinski definition) is 2. The average molecular weight is 529 g/mol. The van der Waals surface area contributed by atoms with Crippen LogP contribution < -0.4 is 16.6 Å². The summed E-state index contributed by atoms with van der Waals surface area (Å²) in [5.41, 5.74) is 8.94. The van der Waals surface area contributed by atoms with E-state index in [1.807, 2.05) is 73.1 Å². The Hall–Kier alpha value is -5.69. The first-order valence-corrected chi connectivity index (χ1v) is 12.5. The molecule has 4 aromatic heterocycles. The van der Waals surface area contributed by atoms with Crippen molar-refractivity contribution in [3.8, 4) is 17.5 Å². The molecule has 0 radical (unpaired) electrons. The van der Waals surface area contributed by atoms with Crippen LogP contribution in [-0.2, 0) is 7.05 Å². The minimum atomic E-state index is -0.577. The molecule has 0 spiro atoms. The van der Waals surface area contributed by atoms with Crippen molar-refractivity contribution in [3.63, 3.8) is 0 Å². The molecule has 0 aliphatic carbocycles. The van der Waals surface area contributed by atoms with Crippen LogP contribution in [0.25, 0.3) is 22.1 Å². The Morgan fingerprint density at radius 2 is 1.90 bits per heavy atom. The number of carbonyl (C=O) groups excluding carboxylic acids is 1. The Morgan fingerprint density at radius 1 is 1.07 bits per heavy atom. The van der Waals surface area contributed by atoms with Crippen LogP contribution in [0.1, 0.15) is 40.3 Å². The molecule has 40 heavy (non-hydrogen) atoms. The highest BCUT2D eigenvalue weighted by Crippen LogP contribution is 2.24. The van der Waals surface area contributed by atoms with E-state index in [4.69, 9.17) is 5.73 Å². The molecule has 0 fully saturated rings. The van der Waals surface area contributed by atoms with Gasteiger partial charge in [-0.15, -0.1) is 5.10 Å². The van der Waals surface area contributed by atoms with Crippen LogP contribution in [-0.4, -0.2) is 34.6 Å². The maximum absolute atomic E-state index is 14.2. The summed E-state index contributed by atoms with van der Waals surface area (Å²) in [6.45, 7) is 1.82. The zero-order valence-corrected chi connectivity index (χ0v) is 21.7. The normalized spacial score (nSPS) is 11.8. The fraction of sp³-hybridized carbons (Fsp3) is 0.100. The Balaban J connectivity index is 1.48. The molecule has 2 aromatic carbocycles. The summed E-state index contributed by atoms with van der Waals surface area (Å²) in [6, 6.07) is 17.9. The number of rotatable bonds is 4. The Labute approximate surface area is 228 Å². The molecular weight excluding hydrogens is 504 g/mol. The molecule has 0 aliphatic rings. The van der Waals surface area contributed by atoms with Crippen LogP contribution in [0.2, 0.25) is 0 Å². The average Bonchev–Trinajstić information content (AvgIpc) is 3.53. The standard InChI is InChI=1S/C30H24N8O2/c1-19(34-29(39)26-27(31)35-37-15-7-14-33-28(26)37)24-16-21-9-6-8-20(12-13-23-17-32-18-36(23)2)25(21)30(40)38(24)22-10-4-3-5-11-22/h3-11,14-19H,1-2H3,(H2,31,35)(H,34,39). The van der Waals surface area contributed by atoms with Crippen LogP contribution in [0.3, 0.4) is 0 Å². The zero-order chi connectivity index (χ0) is 27.8. The van der Waals surface area contributed by atoms with E-state index in [9.17, 15) is 9.59 Å². The molecule has 1 atom stereocenters. The predicted molar refractivity (Wildman–Crippen MR) is 152 cm³/mol. The van der Waals surface area contributed by atoms with Gasteiger partial charge in [0, 0.05) is 36.4 Å². The van der Waals surface area contributed by atoms with Gasteiger partial charge in [0.25, 0.3) is 11.5 Å². The molecule has 1 unspecified atom stereocenters. The van der Waals surface area contributed by atoms with Gasteiger partial charge in [-0.1, -0.05) is 36.3 Å². The van der Waals surface area contributed by atoms with Gasteiger partial charge in [0.05, 0.1) is 24.0 Å². The van der Waals surface area contributed by atoms with Gasteiger partial charge >= 0.3 is 0 Å². The molecule has 3 N–H and O–H groups in total. The second-order valence-corrected chi connectivity index (χ2v) is 9.30. The second-order valence-electron chi connectivity index (χ2n) is 9.30. The Morgan fingerprint density at radius 3 is 2.67 bits per heavy atom. The second kappa shape index (κ2) is 9.89. The van der Waals surface area contributed by atoms with Gasteiger partial charge in [-0.05, 0) is 48.6 Å². The fourth-order valence-electron chi connectivity index (χ4n) is 4.72. The van der Waals surface area contributed by atoms with E-state index in [0.29, 0.717) is 33.4 Å². The van der Waals surface area contributed by atoms with Crippen molar-refractivity contribution in [1.82, 2.24) is 34.0 Å². The number of imidazole rings is 1. The van der Waals surface area contributed by atoms with Gasteiger partial charge < -0.3 is 15.6 Å². The largest absolute Gasteiger partial charge is 0.381 e. The van der Waals surface area contributed by atoms with E-state index in [-0.39, 0.29) is 16.9 Å². The Kier molecular flexibility index (Phi) is 6.09. The van der Waals surface area contributed by atoms with Gasteiger partial charge in [-0.3, -0.25) is 14.2 Å². The lowest BCUT2D eigenvalue weighted by Gasteiger charge is -2.21. The van der Waals surface area contributed by atoms with Crippen LogP contribution in [0.5, 0.6) is 0 Å². The molecule has 10 heteroatoms. The third-order valence-corrected chi connectivity index (χ3v) is 6.67. The fourth-order valence-corrected chi connectivity index (χ4v) is 4.72. The molecule has 10 nitrogen and oxygen atoms in total. The van der Waals surface area contributed by atoms with Crippen molar-refractivity contribution < 1.29 is 4.79 Å². The number of anilines is 1. The first kappa shape index (κ1) is 24.6. The highest BCUT2D eigenvalue weighted by molar-refractivity contribution is 6.04. The predicted octanol–water partition coefficient (Wildman–Crippen LogP) is 3.24. The number of para-hydroxylation sites is 1. The summed E-state index contributed by atoms with van der Waals surface area (Å²) < 4.78 is 4.88. The lowest BCUT2D eigenvalue weighted by molar-refractivity contribution is 0.0941. The molecule has 0 saturated heterocycles. The number of carbonyl (C=O) groups is 1. The number of aryl methyl sites for hydroxylation is 1. The first-order valence-electron chi connectivity index (χ1n) is 12.5. The monoisotopic (exact) mass is 528 g/mol. The number of aromatic nitrogens is 6. The molecule has 4 heterocycles. The number of pyridine rings is 1. The number of benzene rings is 2. The number of nitrogens with one attached hydrogen (secondary N) is 1. The molecule has 0 aliphatic heterocycles. The molecule has 0 bridgehead atoms. The number of nitrogens with two attached hydrogens (primary N) is 1. The smallest absolute Gasteiger partial charge is 0.264 e. The SMILES string of the molecule is CC(NC(=O)c1c(N)nn2cccnc12)c1cc2cccc(C#Cc3cncn3C)c2c(=O)n1-c1ccccc1. The molecule has 6 rings (SSSR count). The van der Waals surface area contributed by atoms with Crippen LogP contribution in [0.4, 0.5) is 5.82 Å². The van der Waals surface area contributed by atoms with Crippen LogP contribution >= 0.6 is 0 Å². The molecular formula is C30H24N8O2. The van der Waals surface area contributed by atoms with Gasteiger partial charge in [-0.25, -0.2) is 14.5 Å². The third-order valence-electron chi connectivity index (χ3n) is 6.67. The number of nitrogens with zero attached hydrogens (tertiary/aromatic N) is 6. The van der Waals surface area contributed by atoms with Crippen molar-refractivity contribution in [2.24, 2.45) is 7.05 Å². The van der Waals surface area contributed by atoms with Crippen molar-refractivity contribution in [2.45, 2.75) is 13.0 Å². The van der Waals surface area contributed by atoms with E-state index in [1.165, 1.54) is 4.52 Å². The summed E-state index contributed by atoms with van der Waals surface area (Å²) in [7, 11) is 1.86. The number of amides is 1. The van der Waals surface area contributed by atoms with Gasteiger partial charge in [-0.2, -0.15) is 0 Å². The third kappa shape index (κ3) is 4.25. The van der Waals surface area contributed by atoms with Gasteiger partial charge in [0.15, 0.2) is 11.5 Å². The van der Waals surface area contributed by atoms with E-state index in [2.05, 4.69) is 32.2 Å². The van der Waals surface area contributed by atoms with Crippen molar-refractivity contribution in [2.75, 3.05) is 5.73 Å². The van der Waals surface area contributed by atoms with Crippen molar-refractivity contribution in [3.05, 3.63) is 118 Å². The van der Waals surface area contributed by atoms with Gasteiger partial charge in [0.1, 0.15) is 11.3 Å². The lowest BCUT2D eigenvalue weighted by Crippen LogP contribution is -2.32. The maximum Gasteiger partial charge on any atom is 0.264 e. The van der Waals surface area contributed by atoms with E-state index in [1.54, 1.807) is 35.6 Å². The number of hydrogen-bond acceptors (Lipinski definition) is 6. The first-order chi connectivity index (χ1) is 19.4. The summed E-state index contributed by atoms with van der Waals surface area (Å²) in [4.78, 5) is 35.9. The van der Waals surface area contributed by atoms with Crippen molar-refractivity contribution >= 4 is 28.1 Å². The van der Waals surface area contributed by atoms with Crippen LogP contribution in [0, 0.1) is 11.8 Å². The summed E-state index contributed by atoms with van der Waals surface area (Å²) in [6.07, 6.45) is 6.59. The maximum atomic E-state index is 14.2. The topological polar surface area (TPSA) is 125 Å². The molecule has 196 valence electrons. The molecule has 0 saturated carbocycles. The highest BCUT2D eigenvalue weighted by Gasteiger charge is 2.24. The van der Waals surface area contributed by atoms with Crippen molar-refractivity contribution in [1.29, 1.82) is 0 Å².